The monoisotopic (exact) mass is 307 g/mol. The van der Waals surface area contributed by atoms with Gasteiger partial charge in [-0.05, 0) is 40.2 Å². The van der Waals surface area contributed by atoms with Crippen molar-refractivity contribution in [3.05, 3.63) is 52.8 Å². The van der Waals surface area contributed by atoms with Gasteiger partial charge >= 0.3 is 0 Å². The van der Waals surface area contributed by atoms with Crippen molar-refractivity contribution < 1.29 is 0 Å². The Kier molecular flexibility index (Phi) is 3.71. The Morgan fingerprint density at radius 3 is 2.59 bits per heavy atom. The molecule has 17 heavy (non-hydrogen) atoms. The lowest BCUT2D eigenvalue weighted by molar-refractivity contribution is 1.29. The summed E-state index contributed by atoms with van der Waals surface area (Å²) in [6.07, 6.45) is 1.70. The molecule has 1 heterocycles. The van der Waals surface area contributed by atoms with Crippen LogP contribution in [-0.2, 0) is 0 Å². The highest BCUT2D eigenvalue weighted by Gasteiger charge is 2.01. The third-order valence-electron chi connectivity index (χ3n) is 2.17. The Hall–Kier alpha value is -1.46. The van der Waals surface area contributed by atoms with Crippen LogP contribution in [0.1, 0.15) is 5.69 Å². The van der Waals surface area contributed by atoms with Crippen LogP contribution in [0.15, 0.2) is 47.1 Å². The average molecular weight is 308 g/mol. The van der Waals surface area contributed by atoms with Gasteiger partial charge in [-0.3, -0.25) is 4.98 Å². The summed E-state index contributed by atoms with van der Waals surface area (Å²) in [6.45, 7) is 0. The third kappa shape index (κ3) is 3.01. The second-order valence-corrected chi connectivity index (χ2v) is 4.70. The van der Waals surface area contributed by atoms with E-state index in [0.29, 0.717) is 10.7 Å². The van der Waals surface area contributed by atoms with Gasteiger partial charge in [0, 0.05) is 4.47 Å². The number of nitrogens with zero attached hydrogens (tertiary/aromatic N) is 1. The number of rotatable bonds is 3. The Morgan fingerprint density at radius 2 is 2.00 bits per heavy atom. The number of thiocarbonyl (C=S) groups is 1. The summed E-state index contributed by atoms with van der Waals surface area (Å²) in [5.74, 6) is 0. The van der Waals surface area contributed by atoms with Crippen LogP contribution in [0.3, 0.4) is 0 Å². The minimum Gasteiger partial charge on any atom is -0.388 e. The Labute approximate surface area is 113 Å². The molecule has 5 heteroatoms. The summed E-state index contributed by atoms with van der Waals surface area (Å²) in [4.78, 5) is 4.46. The molecule has 1 aromatic carbocycles. The van der Waals surface area contributed by atoms with E-state index in [2.05, 4.69) is 26.2 Å². The van der Waals surface area contributed by atoms with Crippen molar-refractivity contribution in [2.75, 3.05) is 5.32 Å². The highest BCUT2D eigenvalue weighted by Crippen LogP contribution is 2.24. The van der Waals surface area contributed by atoms with Gasteiger partial charge in [0.2, 0.25) is 0 Å². The molecule has 0 aliphatic heterocycles. The van der Waals surface area contributed by atoms with Crippen LogP contribution in [0.25, 0.3) is 0 Å². The molecule has 1 aromatic heterocycles. The van der Waals surface area contributed by atoms with E-state index in [0.717, 1.165) is 15.8 Å². The van der Waals surface area contributed by atoms with Gasteiger partial charge in [-0.1, -0.05) is 24.4 Å². The lowest BCUT2D eigenvalue weighted by atomic mass is 10.3. The first-order valence-electron chi connectivity index (χ1n) is 4.94. The number of nitrogens with one attached hydrogen (secondary N) is 1. The van der Waals surface area contributed by atoms with Gasteiger partial charge in [0.05, 0.1) is 23.3 Å². The fourth-order valence-corrected chi connectivity index (χ4v) is 1.84. The number of hydrogen-bond acceptors (Lipinski definition) is 3. The number of anilines is 2. The van der Waals surface area contributed by atoms with Gasteiger partial charge in [0.25, 0.3) is 0 Å². The first kappa shape index (κ1) is 12.0. The molecule has 0 aliphatic carbocycles. The summed E-state index contributed by atoms with van der Waals surface area (Å²) in [5.41, 5.74) is 7.97. The SMILES string of the molecule is NC(=S)c1ccc(Nc2ccccc2Br)cn1. The van der Waals surface area contributed by atoms with E-state index in [9.17, 15) is 0 Å². The number of hydrogen-bond donors (Lipinski definition) is 2. The average Bonchev–Trinajstić information content (AvgIpc) is 2.33. The Morgan fingerprint density at radius 1 is 1.24 bits per heavy atom. The first-order valence-corrected chi connectivity index (χ1v) is 6.14. The molecular formula is C12H10BrN3S. The maximum atomic E-state index is 5.48. The molecule has 0 fully saturated rings. The van der Waals surface area contributed by atoms with Crippen molar-refractivity contribution in [2.24, 2.45) is 5.73 Å². The summed E-state index contributed by atoms with van der Waals surface area (Å²) >= 11 is 8.31. The van der Waals surface area contributed by atoms with Crippen LogP contribution in [-0.4, -0.2) is 9.97 Å². The fourth-order valence-electron chi connectivity index (χ4n) is 1.33. The van der Waals surface area contributed by atoms with Crippen molar-refractivity contribution >= 4 is 44.5 Å². The maximum absolute atomic E-state index is 5.48. The molecule has 3 nitrogen and oxygen atoms in total. The minimum absolute atomic E-state index is 0.303. The number of nitrogens with two attached hydrogens (primary N) is 1. The lowest BCUT2D eigenvalue weighted by Crippen LogP contribution is -2.11. The molecule has 0 bridgehead atoms. The third-order valence-corrected chi connectivity index (χ3v) is 3.07. The van der Waals surface area contributed by atoms with Crippen molar-refractivity contribution in [1.82, 2.24) is 4.98 Å². The Balaban J connectivity index is 2.20. The van der Waals surface area contributed by atoms with Gasteiger partial charge in [-0.25, -0.2) is 0 Å². The molecular weight excluding hydrogens is 298 g/mol. The van der Waals surface area contributed by atoms with Crippen LogP contribution in [0.5, 0.6) is 0 Å². The zero-order chi connectivity index (χ0) is 12.3. The summed E-state index contributed by atoms with van der Waals surface area (Å²) < 4.78 is 0.999. The minimum atomic E-state index is 0.303. The fraction of sp³-hybridized carbons (Fsp3) is 0. The molecule has 2 rings (SSSR count). The zero-order valence-electron chi connectivity index (χ0n) is 8.85. The summed E-state index contributed by atoms with van der Waals surface area (Å²) in [7, 11) is 0. The highest BCUT2D eigenvalue weighted by atomic mass is 79.9. The van der Waals surface area contributed by atoms with E-state index in [-0.39, 0.29) is 0 Å². The number of benzene rings is 1. The predicted octanol–water partition coefficient (Wildman–Crippen LogP) is 3.22. The van der Waals surface area contributed by atoms with Crippen molar-refractivity contribution in [3.8, 4) is 0 Å². The molecule has 0 radical (unpaired) electrons. The zero-order valence-corrected chi connectivity index (χ0v) is 11.3. The molecule has 0 saturated heterocycles. The van der Waals surface area contributed by atoms with Crippen LogP contribution in [0.4, 0.5) is 11.4 Å². The van der Waals surface area contributed by atoms with E-state index < -0.39 is 0 Å². The number of aromatic nitrogens is 1. The van der Waals surface area contributed by atoms with Crippen LogP contribution >= 0.6 is 28.1 Å². The molecule has 3 N–H and O–H groups in total. The summed E-state index contributed by atoms with van der Waals surface area (Å²) in [6, 6.07) is 11.6. The number of halogens is 1. The lowest BCUT2D eigenvalue weighted by Gasteiger charge is -2.08. The van der Waals surface area contributed by atoms with Crippen molar-refractivity contribution in [3.63, 3.8) is 0 Å². The van der Waals surface area contributed by atoms with E-state index in [1.807, 2.05) is 30.3 Å². The molecule has 0 spiro atoms. The van der Waals surface area contributed by atoms with E-state index in [4.69, 9.17) is 18.0 Å². The second kappa shape index (κ2) is 5.25. The van der Waals surface area contributed by atoms with E-state index in [1.54, 1.807) is 12.3 Å². The topological polar surface area (TPSA) is 50.9 Å². The van der Waals surface area contributed by atoms with Gasteiger partial charge in [-0.2, -0.15) is 0 Å². The smallest absolute Gasteiger partial charge is 0.122 e. The van der Waals surface area contributed by atoms with Crippen molar-refractivity contribution in [1.29, 1.82) is 0 Å². The molecule has 0 aliphatic rings. The van der Waals surface area contributed by atoms with Crippen LogP contribution in [0, 0.1) is 0 Å². The predicted molar refractivity (Wildman–Crippen MR) is 77.5 cm³/mol. The molecule has 0 amide bonds. The van der Waals surface area contributed by atoms with Gasteiger partial charge in [0.1, 0.15) is 4.99 Å². The second-order valence-electron chi connectivity index (χ2n) is 3.40. The van der Waals surface area contributed by atoms with E-state index >= 15 is 0 Å². The first-order chi connectivity index (χ1) is 8.16. The Bertz CT molecular complexity index is 540. The molecule has 2 aromatic rings. The van der Waals surface area contributed by atoms with Crippen LogP contribution in [0.2, 0.25) is 0 Å². The van der Waals surface area contributed by atoms with E-state index in [1.165, 1.54) is 0 Å². The van der Waals surface area contributed by atoms with Gasteiger partial charge in [0.15, 0.2) is 0 Å². The van der Waals surface area contributed by atoms with Gasteiger partial charge in [-0.15, -0.1) is 0 Å². The summed E-state index contributed by atoms with van der Waals surface area (Å²) in [5, 5.41) is 3.24. The quantitative estimate of drug-likeness (QED) is 0.855. The van der Waals surface area contributed by atoms with Crippen molar-refractivity contribution in [2.45, 2.75) is 0 Å². The van der Waals surface area contributed by atoms with Crippen LogP contribution < -0.4 is 11.1 Å². The van der Waals surface area contributed by atoms with Gasteiger partial charge < -0.3 is 11.1 Å². The number of para-hydroxylation sites is 1. The number of pyridine rings is 1. The molecule has 0 unspecified atom stereocenters. The molecule has 0 atom stereocenters. The molecule has 0 saturated carbocycles. The normalized spacial score (nSPS) is 9.94. The molecule has 86 valence electrons. The maximum Gasteiger partial charge on any atom is 0.122 e. The highest BCUT2D eigenvalue weighted by molar-refractivity contribution is 9.10. The largest absolute Gasteiger partial charge is 0.388 e. The standard InChI is InChI=1S/C12H10BrN3S/c13-9-3-1-2-4-10(9)16-8-5-6-11(12(14)17)15-7-8/h1-7,16H,(H2,14,17).